The molecule has 0 aliphatic carbocycles. The maximum Gasteiger partial charge on any atom is 0.161 e. The molecule has 1 aromatic heterocycles. The minimum Gasteiger partial charge on any atom is -0.311 e. The summed E-state index contributed by atoms with van der Waals surface area (Å²) in [7, 11) is 0. The van der Waals surface area contributed by atoms with E-state index in [0.717, 1.165) is 6.07 Å². The first-order valence-corrected chi connectivity index (χ1v) is 5.48. The fraction of sp³-hybridized carbons (Fsp3) is 0.250. The Bertz CT molecular complexity index is 512. The summed E-state index contributed by atoms with van der Waals surface area (Å²) in [4.78, 5) is 0. The van der Waals surface area contributed by atoms with E-state index in [1.165, 1.54) is 0 Å². The molecule has 0 saturated heterocycles. The zero-order chi connectivity index (χ0) is 13.0. The lowest BCUT2D eigenvalue weighted by atomic mass is 10.2. The Morgan fingerprint density at radius 1 is 1.11 bits per heavy atom. The summed E-state index contributed by atoms with van der Waals surface area (Å²) in [5.74, 6) is -2.96. The van der Waals surface area contributed by atoms with Crippen LogP contribution >= 0.6 is 0 Å². The smallest absolute Gasteiger partial charge is 0.161 e. The van der Waals surface area contributed by atoms with Gasteiger partial charge in [0.15, 0.2) is 11.6 Å². The third-order valence-corrected chi connectivity index (χ3v) is 2.48. The molecule has 6 heteroatoms. The van der Waals surface area contributed by atoms with E-state index in [2.05, 4.69) is 10.4 Å². The van der Waals surface area contributed by atoms with Gasteiger partial charge in [0, 0.05) is 37.1 Å². The molecule has 1 aromatic carbocycles. The molecule has 0 bridgehead atoms. The average Bonchev–Trinajstić information content (AvgIpc) is 2.84. The van der Waals surface area contributed by atoms with Crippen LogP contribution in [0.2, 0.25) is 0 Å². The van der Waals surface area contributed by atoms with Crippen LogP contribution in [-0.2, 0) is 13.1 Å². The predicted molar refractivity (Wildman–Crippen MR) is 60.2 cm³/mol. The number of rotatable bonds is 5. The first kappa shape index (κ1) is 12.6. The second-order valence-electron chi connectivity index (χ2n) is 3.80. The number of hydrogen-bond acceptors (Lipinski definition) is 2. The lowest BCUT2D eigenvalue weighted by molar-refractivity contribution is 0.484. The van der Waals surface area contributed by atoms with Crippen LogP contribution in [0.3, 0.4) is 0 Å². The van der Waals surface area contributed by atoms with Gasteiger partial charge in [0.05, 0.1) is 6.54 Å². The van der Waals surface area contributed by atoms with Gasteiger partial charge >= 0.3 is 0 Å². The van der Waals surface area contributed by atoms with Gasteiger partial charge in [-0.2, -0.15) is 5.10 Å². The molecule has 0 aliphatic rings. The molecule has 2 rings (SSSR count). The van der Waals surface area contributed by atoms with E-state index in [1.54, 1.807) is 23.1 Å². The quantitative estimate of drug-likeness (QED) is 0.655. The maximum atomic E-state index is 13.3. The molecule has 0 amide bonds. The minimum atomic E-state index is -1.17. The van der Waals surface area contributed by atoms with Crippen molar-refractivity contribution < 1.29 is 13.2 Å². The largest absolute Gasteiger partial charge is 0.311 e. The molecular formula is C12H12F3N3. The predicted octanol–water partition coefficient (Wildman–Crippen LogP) is 2.09. The average molecular weight is 255 g/mol. The Kier molecular flexibility index (Phi) is 3.99. The Morgan fingerprint density at radius 3 is 2.61 bits per heavy atom. The summed E-state index contributed by atoms with van der Waals surface area (Å²) < 4.78 is 40.6. The summed E-state index contributed by atoms with van der Waals surface area (Å²) in [6.07, 6.45) is 3.47. The van der Waals surface area contributed by atoms with Crippen molar-refractivity contribution in [3.63, 3.8) is 0 Å². The van der Waals surface area contributed by atoms with Crippen molar-refractivity contribution in [2.24, 2.45) is 0 Å². The standard InChI is InChI=1S/C12H12F3N3/c13-10-7-12(15)11(14)6-9(10)8-16-3-5-18-4-1-2-17-18/h1-2,4,6-7,16H,3,5,8H2. The maximum absolute atomic E-state index is 13.3. The highest BCUT2D eigenvalue weighted by atomic mass is 19.2. The number of halogens is 3. The third kappa shape index (κ3) is 3.10. The van der Waals surface area contributed by atoms with Crippen molar-refractivity contribution in [1.29, 1.82) is 0 Å². The monoisotopic (exact) mass is 255 g/mol. The van der Waals surface area contributed by atoms with E-state index in [4.69, 9.17) is 0 Å². The molecule has 0 fully saturated rings. The van der Waals surface area contributed by atoms with Gasteiger partial charge in [-0.25, -0.2) is 13.2 Å². The van der Waals surface area contributed by atoms with Crippen molar-refractivity contribution in [3.8, 4) is 0 Å². The van der Waals surface area contributed by atoms with Crippen molar-refractivity contribution in [2.75, 3.05) is 6.54 Å². The summed E-state index contributed by atoms with van der Waals surface area (Å²) in [5, 5.41) is 6.93. The SMILES string of the molecule is Fc1cc(F)c(CNCCn2cccn2)cc1F. The number of benzene rings is 1. The Labute approximate surface area is 102 Å². The lowest BCUT2D eigenvalue weighted by Gasteiger charge is -2.07. The van der Waals surface area contributed by atoms with Crippen LogP contribution in [0.4, 0.5) is 13.2 Å². The van der Waals surface area contributed by atoms with E-state index >= 15 is 0 Å². The van der Waals surface area contributed by atoms with Gasteiger partial charge in [-0.3, -0.25) is 4.68 Å². The van der Waals surface area contributed by atoms with E-state index in [0.29, 0.717) is 19.2 Å². The van der Waals surface area contributed by atoms with Crippen LogP contribution in [0.25, 0.3) is 0 Å². The first-order chi connectivity index (χ1) is 8.66. The van der Waals surface area contributed by atoms with Crippen LogP contribution in [0.5, 0.6) is 0 Å². The Hall–Kier alpha value is -1.82. The number of nitrogens with zero attached hydrogens (tertiary/aromatic N) is 2. The molecule has 3 nitrogen and oxygen atoms in total. The molecule has 0 spiro atoms. The second-order valence-corrected chi connectivity index (χ2v) is 3.80. The molecule has 1 heterocycles. The van der Waals surface area contributed by atoms with Crippen LogP contribution in [0.1, 0.15) is 5.56 Å². The molecule has 2 aromatic rings. The van der Waals surface area contributed by atoms with E-state index in [1.807, 2.05) is 0 Å². The topological polar surface area (TPSA) is 29.9 Å². The molecule has 96 valence electrons. The van der Waals surface area contributed by atoms with Gasteiger partial charge < -0.3 is 5.32 Å². The van der Waals surface area contributed by atoms with Crippen LogP contribution in [-0.4, -0.2) is 16.3 Å². The van der Waals surface area contributed by atoms with E-state index in [-0.39, 0.29) is 12.1 Å². The molecular weight excluding hydrogens is 243 g/mol. The van der Waals surface area contributed by atoms with Gasteiger partial charge in [0.2, 0.25) is 0 Å². The van der Waals surface area contributed by atoms with Crippen molar-refractivity contribution in [2.45, 2.75) is 13.1 Å². The highest BCUT2D eigenvalue weighted by molar-refractivity contribution is 5.19. The summed E-state index contributed by atoms with van der Waals surface area (Å²) in [6.45, 7) is 1.32. The summed E-state index contributed by atoms with van der Waals surface area (Å²) >= 11 is 0. The van der Waals surface area contributed by atoms with Crippen molar-refractivity contribution in [3.05, 3.63) is 53.6 Å². The van der Waals surface area contributed by atoms with Crippen LogP contribution in [0.15, 0.2) is 30.6 Å². The van der Waals surface area contributed by atoms with Gasteiger partial charge in [-0.1, -0.05) is 0 Å². The Morgan fingerprint density at radius 2 is 1.89 bits per heavy atom. The minimum absolute atomic E-state index is 0.106. The molecule has 0 saturated carbocycles. The zero-order valence-electron chi connectivity index (χ0n) is 9.54. The first-order valence-electron chi connectivity index (χ1n) is 5.48. The summed E-state index contributed by atoms with van der Waals surface area (Å²) in [5.41, 5.74) is 0.106. The molecule has 18 heavy (non-hydrogen) atoms. The van der Waals surface area contributed by atoms with Gasteiger partial charge in [-0.05, 0) is 12.1 Å². The third-order valence-electron chi connectivity index (χ3n) is 2.48. The van der Waals surface area contributed by atoms with Gasteiger partial charge in [0.1, 0.15) is 5.82 Å². The van der Waals surface area contributed by atoms with Crippen molar-refractivity contribution in [1.82, 2.24) is 15.1 Å². The molecule has 0 atom stereocenters. The van der Waals surface area contributed by atoms with Gasteiger partial charge in [-0.15, -0.1) is 0 Å². The number of nitrogens with one attached hydrogen (secondary N) is 1. The lowest BCUT2D eigenvalue weighted by Crippen LogP contribution is -2.20. The van der Waals surface area contributed by atoms with Crippen LogP contribution in [0, 0.1) is 17.5 Å². The fourth-order valence-electron chi connectivity index (χ4n) is 1.55. The molecule has 0 radical (unpaired) electrons. The van der Waals surface area contributed by atoms with E-state index in [9.17, 15) is 13.2 Å². The fourth-order valence-corrected chi connectivity index (χ4v) is 1.55. The van der Waals surface area contributed by atoms with E-state index < -0.39 is 17.5 Å². The highest BCUT2D eigenvalue weighted by Crippen LogP contribution is 2.13. The molecule has 0 unspecified atom stereocenters. The Balaban J connectivity index is 1.85. The number of hydrogen-bond donors (Lipinski definition) is 1. The number of aromatic nitrogens is 2. The summed E-state index contributed by atoms with van der Waals surface area (Å²) in [6, 6.07) is 3.22. The molecule has 0 aliphatic heterocycles. The normalized spacial score (nSPS) is 10.8. The van der Waals surface area contributed by atoms with Crippen molar-refractivity contribution >= 4 is 0 Å². The molecule has 1 N–H and O–H groups in total. The zero-order valence-corrected chi connectivity index (χ0v) is 9.54. The second kappa shape index (κ2) is 5.68. The van der Waals surface area contributed by atoms with Crippen LogP contribution < -0.4 is 5.32 Å². The van der Waals surface area contributed by atoms with Gasteiger partial charge in [0.25, 0.3) is 0 Å². The highest BCUT2D eigenvalue weighted by Gasteiger charge is 2.09.